The summed E-state index contributed by atoms with van der Waals surface area (Å²) in [4.78, 5) is 11.7. The smallest absolute Gasteiger partial charge is 0.258 e. The number of benzene rings is 1. The molecule has 0 saturated heterocycles. The molecule has 2 aromatic rings. The number of carbonyl (C=O) groups excluding carboxylic acids is 1. The summed E-state index contributed by atoms with van der Waals surface area (Å²) in [6.45, 7) is 0. The zero-order valence-electron chi connectivity index (χ0n) is 8.73. The molecule has 0 aliphatic heterocycles. The van der Waals surface area contributed by atoms with Crippen molar-refractivity contribution in [2.45, 2.75) is 0 Å². The third-order valence-electron chi connectivity index (χ3n) is 2.09. The topological polar surface area (TPSA) is 67.0 Å². The number of nitrogens with one attached hydrogen (secondary N) is 2. The number of ether oxygens (including phenoxy) is 1. The number of hydrogen-bond acceptors (Lipinski definition) is 3. The molecule has 5 nitrogen and oxygen atoms in total. The first-order valence-corrected chi connectivity index (χ1v) is 4.74. The van der Waals surface area contributed by atoms with Gasteiger partial charge in [0.25, 0.3) is 5.91 Å². The summed E-state index contributed by atoms with van der Waals surface area (Å²) < 4.78 is 5.06. The third-order valence-corrected chi connectivity index (χ3v) is 2.09. The second-order valence-electron chi connectivity index (χ2n) is 3.17. The van der Waals surface area contributed by atoms with E-state index in [1.807, 2.05) is 12.1 Å². The molecular formula is C11H11N3O2. The summed E-state index contributed by atoms with van der Waals surface area (Å²) in [7, 11) is 1.58. The molecule has 1 aromatic carbocycles. The van der Waals surface area contributed by atoms with Gasteiger partial charge in [0.05, 0.1) is 18.9 Å². The van der Waals surface area contributed by atoms with Crippen LogP contribution >= 0.6 is 0 Å². The molecule has 0 unspecified atom stereocenters. The van der Waals surface area contributed by atoms with Crippen LogP contribution in [0.3, 0.4) is 0 Å². The van der Waals surface area contributed by atoms with Crippen LogP contribution in [0.2, 0.25) is 0 Å². The number of anilines is 1. The summed E-state index contributed by atoms with van der Waals surface area (Å²) >= 11 is 0. The lowest BCUT2D eigenvalue weighted by atomic mass is 10.2. The minimum Gasteiger partial charge on any atom is -0.497 e. The Morgan fingerprint density at radius 2 is 2.38 bits per heavy atom. The Morgan fingerprint density at radius 3 is 3.06 bits per heavy atom. The summed E-state index contributed by atoms with van der Waals surface area (Å²) in [5.41, 5.74) is 1.17. The van der Waals surface area contributed by atoms with Gasteiger partial charge in [-0.2, -0.15) is 5.10 Å². The van der Waals surface area contributed by atoms with Gasteiger partial charge in [0, 0.05) is 18.0 Å². The van der Waals surface area contributed by atoms with Crippen molar-refractivity contribution in [3.8, 4) is 5.75 Å². The highest BCUT2D eigenvalue weighted by molar-refractivity contribution is 6.03. The molecule has 0 atom stereocenters. The van der Waals surface area contributed by atoms with E-state index in [2.05, 4.69) is 15.5 Å². The number of nitrogens with zero attached hydrogens (tertiary/aromatic N) is 1. The molecular weight excluding hydrogens is 206 g/mol. The summed E-state index contributed by atoms with van der Waals surface area (Å²) in [5.74, 6) is 0.493. The molecule has 0 bridgehead atoms. The van der Waals surface area contributed by atoms with Crippen LogP contribution in [0.5, 0.6) is 5.75 Å². The number of carbonyl (C=O) groups is 1. The monoisotopic (exact) mass is 217 g/mol. The van der Waals surface area contributed by atoms with Gasteiger partial charge in [-0.3, -0.25) is 9.89 Å². The Bertz CT molecular complexity index is 480. The van der Waals surface area contributed by atoms with E-state index in [0.29, 0.717) is 17.0 Å². The van der Waals surface area contributed by atoms with E-state index >= 15 is 0 Å². The van der Waals surface area contributed by atoms with Crippen molar-refractivity contribution in [2.24, 2.45) is 0 Å². The van der Waals surface area contributed by atoms with Crippen molar-refractivity contribution in [3.05, 3.63) is 42.2 Å². The number of aromatic amines is 1. The molecule has 1 aromatic heterocycles. The van der Waals surface area contributed by atoms with Crippen LogP contribution in [0.25, 0.3) is 0 Å². The predicted octanol–water partition coefficient (Wildman–Crippen LogP) is 1.67. The molecule has 82 valence electrons. The maximum Gasteiger partial charge on any atom is 0.258 e. The fourth-order valence-corrected chi connectivity index (χ4v) is 1.28. The first-order valence-electron chi connectivity index (χ1n) is 4.74. The lowest BCUT2D eigenvalue weighted by Crippen LogP contribution is -2.10. The predicted molar refractivity (Wildman–Crippen MR) is 59.5 cm³/mol. The van der Waals surface area contributed by atoms with Gasteiger partial charge in [0.1, 0.15) is 5.75 Å². The number of rotatable bonds is 3. The largest absolute Gasteiger partial charge is 0.497 e. The van der Waals surface area contributed by atoms with Crippen LogP contribution in [0.4, 0.5) is 5.69 Å². The van der Waals surface area contributed by atoms with E-state index in [1.165, 1.54) is 12.4 Å². The lowest BCUT2D eigenvalue weighted by Gasteiger charge is -2.05. The normalized spacial score (nSPS) is 9.81. The fourth-order valence-electron chi connectivity index (χ4n) is 1.28. The van der Waals surface area contributed by atoms with Crippen LogP contribution < -0.4 is 10.1 Å². The molecule has 2 N–H and O–H groups in total. The van der Waals surface area contributed by atoms with Gasteiger partial charge in [-0.15, -0.1) is 0 Å². The highest BCUT2D eigenvalue weighted by Crippen LogP contribution is 2.17. The highest BCUT2D eigenvalue weighted by Gasteiger charge is 2.06. The molecule has 1 amide bonds. The minimum atomic E-state index is -0.206. The standard InChI is InChI=1S/C11H11N3O2/c1-16-10-4-2-3-9(5-10)14-11(15)8-6-12-13-7-8/h2-7H,1H3,(H,12,13)(H,14,15). The van der Waals surface area contributed by atoms with E-state index in [9.17, 15) is 4.79 Å². The van der Waals surface area contributed by atoms with Gasteiger partial charge in [-0.1, -0.05) is 6.07 Å². The van der Waals surface area contributed by atoms with Crippen LogP contribution in [0, 0.1) is 0 Å². The molecule has 0 spiro atoms. The zero-order chi connectivity index (χ0) is 11.4. The maximum atomic E-state index is 11.7. The molecule has 5 heteroatoms. The number of methoxy groups -OCH3 is 1. The van der Waals surface area contributed by atoms with E-state index in [-0.39, 0.29) is 5.91 Å². The Morgan fingerprint density at radius 1 is 1.50 bits per heavy atom. The number of H-pyrrole nitrogens is 1. The summed E-state index contributed by atoms with van der Waals surface area (Å²) in [6, 6.07) is 7.16. The summed E-state index contributed by atoms with van der Waals surface area (Å²) in [6.07, 6.45) is 3.00. The molecule has 0 aliphatic carbocycles. The van der Waals surface area contributed by atoms with Gasteiger partial charge in [-0.25, -0.2) is 0 Å². The van der Waals surface area contributed by atoms with Crippen molar-refractivity contribution < 1.29 is 9.53 Å². The van der Waals surface area contributed by atoms with Gasteiger partial charge < -0.3 is 10.1 Å². The first kappa shape index (κ1) is 10.2. The Labute approximate surface area is 92.4 Å². The van der Waals surface area contributed by atoms with E-state index in [4.69, 9.17) is 4.74 Å². The number of aromatic nitrogens is 2. The lowest BCUT2D eigenvalue weighted by molar-refractivity contribution is 0.102. The number of hydrogen-bond donors (Lipinski definition) is 2. The van der Waals surface area contributed by atoms with Crippen LogP contribution in [0.1, 0.15) is 10.4 Å². The zero-order valence-corrected chi connectivity index (χ0v) is 8.73. The Kier molecular flexibility index (Phi) is 2.86. The molecule has 0 radical (unpaired) electrons. The first-order chi connectivity index (χ1) is 7.79. The van der Waals surface area contributed by atoms with E-state index < -0.39 is 0 Å². The van der Waals surface area contributed by atoms with Gasteiger partial charge >= 0.3 is 0 Å². The van der Waals surface area contributed by atoms with Crippen LogP contribution in [-0.4, -0.2) is 23.2 Å². The quantitative estimate of drug-likeness (QED) is 0.821. The molecule has 2 rings (SSSR count). The molecule has 0 fully saturated rings. The van der Waals surface area contributed by atoms with Crippen LogP contribution in [0.15, 0.2) is 36.7 Å². The molecule has 0 aliphatic rings. The van der Waals surface area contributed by atoms with Crippen molar-refractivity contribution in [2.75, 3.05) is 12.4 Å². The average molecular weight is 217 g/mol. The van der Waals surface area contributed by atoms with Gasteiger partial charge in [0.15, 0.2) is 0 Å². The van der Waals surface area contributed by atoms with Gasteiger partial charge in [0.2, 0.25) is 0 Å². The second-order valence-corrected chi connectivity index (χ2v) is 3.17. The van der Waals surface area contributed by atoms with E-state index in [0.717, 1.165) is 0 Å². The molecule has 1 heterocycles. The molecule has 0 saturated carbocycles. The average Bonchev–Trinajstić information content (AvgIpc) is 2.83. The Hall–Kier alpha value is -2.30. The fraction of sp³-hybridized carbons (Fsp3) is 0.0909. The minimum absolute atomic E-state index is 0.206. The molecule has 16 heavy (non-hydrogen) atoms. The second kappa shape index (κ2) is 4.48. The van der Waals surface area contributed by atoms with Crippen LogP contribution in [-0.2, 0) is 0 Å². The SMILES string of the molecule is COc1cccc(NC(=O)c2cn[nH]c2)c1. The van der Waals surface area contributed by atoms with E-state index in [1.54, 1.807) is 19.2 Å². The van der Waals surface area contributed by atoms with Gasteiger partial charge in [-0.05, 0) is 12.1 Å². The van der Waals surface area contributed by atoms with Crippen molar-refractivity contribution >= 4 is 11.6 Å². The van der Waals surface area contributed by atoms with Crippen molar-refractivity contribution in [3.63, 3.8) is 0 Å². The summed E-state index contributed by atoms with van der Waals surface area (Å²) in [5, 5.41) is 9.03. The van der Waals surface area contributed by atoms with Crippen molar-refractivity contribution in [1.82, 2.24) is 10.2 Å². The maximum absolute atomic E-state index is 11.7. The third kappa shape index (κ3) is 2.20. The Balaban J connectivity index is 2.12. The van der Waals surface area contributed by atoms with Crippen molar-refractivity contribution in [1.29, 1.82) is 0 Å². The highest BCUT2D eigenvalue weighted by atomic mass is 16.5. The number of amides is 1.